The minimum absolute atomic E-state index is 0.0143. The monoisotopic (exact) mass is 423 g/mol. The van der Waals surface area contributed by atoms with Crippen LogP contribution in [0.25, 0.3) is 0 Å². The Hall–Kier alpha value is -1.71. The van der Waals surface area contributed by atoms with Crippen LogP contribution in [0.4, 0.5) is 18.0 Å². The molecule has 1 heterocycles. The third-order valence-electron chi connectivity index (χ3n) is 4.36. The maximum atomic E-state index is 12.5. The van der Waals surface area contributed by atoms with E-state index in [0.29, 0.717) is 45.0 Å². The SMILES string of the molecule is CN=C(NCCCN(C(=O)OC(C)(C)C)C(C)C)NC1CCN(CC(F)(F)F)C1. The molecular formula is C19H36F3N5O2. The second-order valence-corrected chi connectivity index (χ2v) is 8.60. The van der Waals surface area contributed by atoms with Crippen LogP contribution >= 0.6 is 0 Å². The summed E-state index contributed by atoms with van der Waals surface area (Å²) < 4.78 is 42.9. The van der Waals surface area contributed by atoms with Gasteiger partial charge in [-0.15, -0.1) is 0 Å². The number of hydrogen-bond donors (Lipinski definition) is 2. The molecule has 1 unspecified atom stereocenters. The third-order valence-corrected chi connectivity index (χ3v) is 4.36. The zero-order valence-electron chi connectivity index (χ0n) is 18.4. The van der Waals surface area contributed by atoms with E-state index in [4.69, 9.17) is 4.74 Å². The quantitative estimate of drug-likeness (QED) is 0.374. The van der Waals surface area contributed by atoms with E-state index in [0.717, 1.165) is 0 Å². The number of amides is 1. The highest BCUT2D eigenvalue weighted by molar-refractivity contribution is 5.80. The largest absolute Gasteiger partial charge is 0.444 e. The predicted octanol–water partition coefficient (Wildman–Crippen LogP) is 2.82. The number of rotatable bonds is 7. The van der Waals surface area contributed by atoms with Gasteiger partial charge in [0.15, 0.2) is 5.96 Å². The Balaban J connectivity index is 2.38. The minimum atomic E-state index is -4.18. The van der Waals surface area contributed by atoms with Gasteiger partial charge in [-0.25, -0.2) is 4.79 Å². The van der Waals surface area contributed by atoms with Crippen molar-refractivity contribution >= 4 is 12.1 Å². The molecule has 1 rings (SSSR count). The van der Waals surface area contributed by atoms with Gasteiger partial charge in [0.25, 0.3) is 0 Å². The number of guanidine groups is 1. The summed E-state index contributed by atoms with van der Waals surface area (Å²) >= 11 is 0. The van der Waals surface area contributed by atoms with E-state index in [9.17, 15) is 18.0 Å². The molecule has 1 atom stereocenters. The van der Waals surface area contributed by atoms with Gasteiger partial charge in [0.2, 0.25) is 0 Å². The van der Waals surface area contributed by atoms with Crippen molar-refractivity contribution in [2.24, 2.45) is 4.99 Å². The molecule has 1 aliphatic heterocycles. The van der Waals surface area contributed by atoms with Crippen molar-refractivity contribution < 1.29 is 22.7 Å². The van der Waals surface area contributed by atoms with E-state index in [2.05, 4.69) is 15.6 Å². The second-order valence-electron chi connectivity index (χ2n) is 8.60. The predicted molar refractivity (Wildman–Crippen MR) is 108 cm³/mol. The van der Waals surface area contributed by atoms with Crippen molar-refractivity contribution in [2.75, 3.05) is 39.8 Å². The number of aliphatic imine (C=N–C) groups is 1. The zero-order chi connectivity index (χ0) is 22.2. The molecule has 0 bridgehead atoms. The van der Waals surface area contributed by atoms with Crippen LogP contribution in [0.2, 0.25) is 0 Å². The Morgan fingerprint density at radius 3 is 2.48 bits per heavy atom. The molecule has 1 amide bonds. The molecule has 0 aromatic rings. The first kappa shape index (κ1) is 25.3. The van der Waals surface area contributed by atoms with Crippen molar-refractivity contribution in [1.29, 1.82) is 0 Å². The molecule has 0 aromatic carbocycles. The van der Waals surface area contributed by atoms with Crippen LogP contribution in [0.15, 0.2) is 4.99 Å². The normalized spacial score (nSPS) is 18.8. The van der Waals surface area contributed by atoms with Crippen molar-refractivity contribution in [3.8, 4) is 0 Å². The van der Waals surface area contributed by atoms with Crippen LogP contribution in [0.3, 0.4) is 0 Å². The van der Waals surface area contributed by atoms with Crippen LogP contribution in [0, 0.1) is 0 Å². The molecule has 1 saturated heterocycles. The Labute approximate surface area is 172 Å². The highest BCUT2D eigenvalue weighted by Gasteiger charge is 2.34. The molecular weight excluding hydrogens is 387 g/mol. The van der Waals surface area contributed by atoms with Crippen molar-refractivity contribution in [3.63, 3.8) is 0 Å². The molecule has 0 aliphatic carbocycles. The summed E-state index contributed by atoms with van der Waals surface area (Å²) in [6.07, 6.45) is -3.20. The van der Waals surface area contributed by atoms with Gasteiger partial charge in [-0.2, -0.15) is 13.2 Å². The van der Waals surface area contributed by atoms with E-state index < -0.39 is 18.3 Å². The van der Waals surface area contributed by atoms with Crippen LogP contribution < -0.4 is 10.6 Å². The Morgan fingerprint density at radius 1 is 1.31 bits per heavy atom. The maximum absolute atomic E-state index is 12.5. The summed E-state index contributed by atoms with van der Waals surface area (Å²) in [6, 6.07) is -0.0575. The molecule has 29 heavy (non-hydrogen) atoms. The fraction of sp³-hybridized carbons (Fsp3) is 0.895. The number of nitrogens with one attached hydrogen (secondary N) is 2. The molecule has 0 radical (unpaired) electrons. The van der Waals surface area contributed by atoms with E-state index >= 15 is 0 Å². The van der Waals surface area contributed by atoms with Gasteiger partial charge in [-0.3, -0.25) is 9.89 Å². The molecule has 0 spiro atoms. The van der Waals surface area contributed by atoms with Crippen LogP contribution in [-0.4, -0.2) is 85.5 Å². The highest BCUT2D eigenvalue weighted by atomic mass is 19.4. The van der Waals surface area contributed by atoms with E-state index in [1.807, 2.05) is 34.6 Å². The van der Waals surface area contributed by atoms with Gasteiger partial charge in [-0.1, -0.05) is 0 Å². The lowest BCUT2D eigenvalue weighted by Gasteiger charge is -2.30. The maximum Gasteiger partial charge on any atom is 0.410 e. The average Bonchev–Trinajstić information content (AvgIpc) is 2.96. The lowest BCUT2D eigenvalue weighted by Crippen LogP contribution is -2.46. The first-order chi connectivity index (χ1) is 13.3. The summed E-state index contributed by atoms with van der Waals surface area (Å²) in [6.45, 7) is 10.3. The Bertz CT molecular complexity index is 547. The number of carbonyl (C=O) groups is 1. The summed E-state index contributed by atoms with van der Waals surface area (Å²) in [4.78, 5) is 19.5. The third kappa shape index (κ3) is 10.6. The summed E-state index contributed by atoms with van der Waals surface area (Å²) in [7, 11) is 1.62. The Morgan fingerprint density at radius 2 is 1.97 bits per heavy atom. The highest BCUT2D eigenvalue weighted by Crippen LogP contribution is 2.20. The number of nitrogens with zero attached hydrogens (tertiary/aromatic N) is 3. The van der Waals surface area contributed by atoms with Crippen molar-refractivity contribution in [2.45, 2.75) is 71.3 Å². The molecule has 0 aromatic heterocycles. The summed E-state index contributed by atoms with van der Waals surface area (Å²) in [5.74, 6) is 0.553. The lowest BCUT2D eigenvalue weighted by molar-refractivity contribution is -0.143. The number of halogens is 3. The van der Waals surface area contributed by atoms with Gasteiger partial charge < -0.3 is 20.3 Å². The van der Waals surface area contributed by atoms with Gasteiger partial charge in [-0.05, 0) is 47.5 Å². The van der Waals surface area contributed by atoms with Crippen molar-refractivity contribution in [3.05, 3.63) is 0 Å². The number of likely N-dealkylation sites (tertiary alicyclic amines) is 1. The second kappa shape index (κ2) is 10.9. The van der Waals surface area contributed by atoms with Crippen LogP contribution in [-0.2, 0) is 4.74 Å². The average molecular weight is 424 g/mol. The first-order valence-corrected chi connectivity index (χ1v) is 10.1. The zero-order valence-corrected chi connectivity index (χ0v) is 18.4. The van der Waals surface area contributed by atoms with Crippen LogP contribution in [0.1, 0.15) is 47.5 Å². The minimum Gasteiger partial charge on any atom is -0.444 e. The molecule has 7 nitrogen and oxygen atoms in total. The smallest absolute Gasteiger partial charge is 0.410 e. The standard InChI is InChI=1S/C19H36F3N5O2/c1-14(2)27(17(28)29-18(3,4)5)10-7-9-24-16(23-6)25-15-8-11-26(12-15)13-19(20,21)22/h14-15H,7-13H2,1-6H3,(H2,23,24,25). The molecule has 2 N–H and O–H groups in total. The fourth-order valence-electron chi connectivity index (χ4n) is 3.07. The number of alkyl halides is 3. The van der Waals surface area contributed by atoms with Gasteiger partial charge >= 0.3 is 12.3 Å². The van der Waals surface area contributed by atoms with Gasteiger partial charge in [0, 0.05) is 45.3 Å². The molecule has 1 aliphatic rings. The van der Waals surface area contributed by atoms with Crippen molar-refractivity contribution in [1.82, 2.24) is 20.4 Å². The van der Waals surface area contributed by atoms with Crippen LogP contribution in [0.5, 0.6) is 0 Å². The summed E-state index contributed by atoms with van der Waals surface area (Å²) in [5.41, 5.74) is -0.546. The molecule has 1 fully saturated rings. The first-order valence-electron chi connectivity index (χ1n) is 10.1. The molecule has 10 heteroatoms. The van der Waals surface area contributed by atoms with Gasteiger partial charge in [0.05, 0.1) is 6.54 Å². The van der Waals surface area contributed by atoms with Gasteiger partial charge in [0.1, 0.15) is 5.60 Å². The topological polar surface area (TPSA) is 69.2 Å². The lowest BCUT2D eigenvalue weighted by atomic mass is 10.2. The number of ether oxygens (including phenoxy) is 1. The van der Waals surface area contributed by atoms with E-state index in [-0.39, 0.29) is 18.2 Å². The number of carbonyl (C=O) groups excluding carboxylic acids is 1. The summed E-state index contributed by atoms with van der Waals surface area (Å²) in [5, 5.41) is 6.33. The fourth-order valence-corrected chi connectivity index (χ4v) is 3.07. The molecule has 0 saturated carbocycles. The number of hydrogen-bond acceptors (Lipinski definition) is 4. The Kier molecular flexibility index (Phi) is 9.51. The van der Waals surface area contributed by atoms with E-state index in [1.54, 1.807) is 11.9 Å². The molecule has 170 valence electrons. The van der Waals surface area contributed by atoms with E-state index in [1.165, 1.54) is 4.90 Å².